The van der Waals surface area contributed by atoms with Gasteiger partial charge in [-0.25, -0.2) is 4.39 Å². The molecule has 2 N–H and O–H groups in total. The Balaban J connectivity index is 2.15. The van der Waals surface area contributed by atoms with Gasteiger partial charge in [-0.3, -0.25) is 0 Å². The maximum absolute atomic E-state index is 13.5. The predicted octanol–water partition coefficient (Wildman–Crippen LogP) is 3.80. The molecule has 19 heavy (non-hydrogen) atoms. The molecule has 0 aromatic heterocycles. The van der Waals surface area contributed by atoms with Gasteiger partial charge in [0.05, 0.1) is 11.4 Å². The number of aryl methyl sites for hydroxylation is 1. The van der Waals surface area contributed by atoms with Gasteiger partial charge in [-0.2, -0.15) is 0 Å². The molecule has 2 aromatic carbocycles. The number of rotatable bonds is 1. The Morgan fingerprint density at radius 2 is 1.95 bits per heavy atom. The minimum atomic E-state index is -0.249. The number of nitrogens with two attached hydrogens (primary N) is 1. The summed E-state index contributed by atoms with van der Waals surface area (Å²) >= 11 is 0. The molecule has 2 nitrogen and oxygen atoms in total. The standard InChI is InChI=1S/C16H17FN2/c1-10-7-16(14(18)9-13(10)17)19-11(2)8-12-5-3-4-6-15(12)19/h3-7,9,11H,8,18H2,1-2H3. The van der Waals surface area contributed by atoms with Gasteiger partial charge in [-0.15, -0.1) is 0 Å². The summed E-state index contributed by atoms with van der Waals surface area (Å²) < 4.78 is 13.5. The molecule has 3 rings (SSSR count). The Morgan fingerprint density at radius 1 is 1.21 bits per heavy atom. The van der Waals surface area contributed by atoms with Crippen molar-refractivity contribution >= 4 is 17.1 Å². The summed E-state index contributed by atoms with van der Waals surface area (Å²) in [5.74, 6) is -0.249. The van der Waals surface area contributed by atoms with E-state index >= 15 is 0 Å². The van der Waals surface area contributed by atoms with Gasteiger partial charge in [0.2, 0.25) is 0 Å². The highest BCUT2D eigenvalue weighted by molar-refractivity contribution is 5.79. The highest BCUT2D eigenvalue weighted by Gasteiger charge is 2.28. The van der Waals surface area contributed by atoms with E-state index in [2.05, 4.69) is 24.0 Å². The molecule has 0 saturated carbocycles. The normalized spacial score (nSPS) is 17.6. The Kier molecular flexibility index (Phi) is 2.70. The van der Waals surface area contributed by atoms with Gasteiger partial charge in [-0.1, -0.05) is 18.2 Å². The lowest BCUT2D eigenvalue weighted by Gasteiger charge is -2.27. The van der Waals surface area contributed by atoms with Crippen LogP contribution in [0.4, 0.5) is 21.5 Å². The average Bonchev–Trinajstić information content (AvgIpc) is 2.70. The van der Waals surface area contributed by atoms with E-state index in [-0.39, 0.29) is 5.82 Å². The Labute approximate surface area is 112 Å². The van der Waals surface area contributed by atoms with Crippen LogP contribution in [0.3, 0.4) is 0 Å². The lowest BCUT2D eigenvalue weighted by Crippen LogP contribution is -2.25. The molecular weight excluding hydrogens is 239 g/mol. The number of fused-ring (bicyclic) bond motifs is 1. The SMILES string of the molecule is Cc1cc(N2c3ccccc3CC2C)c(N)cc1F. The van der Waals surface area contributed by atoms with Crippen molar-refractivity contribution in [3.8, 4) is 0 Å². The van der Waals surface area contributed by atoms with E-state index in [0.717, 1.165) is 12.1 Å². The third-order valence-corrected chi connectivity index (χ3v) is 3.77. The van der Waals surface area contributed by atoms with Crippen LogP contribution in [0, 0.1) is 12.7 Å². The van der Waals surface area contributed by atoms with Crippen LogP contribution in [-0.2, 0) is 6.42 Å². The molecule has 0 amide bonds. The van der Waals surface area contributed by atoms with Gasteiger partial charge in [0.25, 0.3) is 0 Å². The van der Waals surface area contributed by atoms with E-state index in [1.54, 1.807) is 6.92 Å². The Hall–Kier alpha value is -2.03. The van der Waals surface area contributed by atoms with Crippen LogP contribution in [0.5, 0.6) is 0 Å². The minimum Gasteiger partial charge on any atom is -0.397 e. The first-order chi connectivity index (χ1) is 9.08. The van der Waals surface area contributed by atoms with Crippen molar-refractivity contribution in [3.63, 3.8) is 0 Å². The highest BCUT2D eigenvalue weighted by atomic mass is 19.1. The number of para-hydroxylation sites is 1. The topological polar surface area (TPSA) is 29.3 Å². The molecule has 0 radical (unpaired) electrons. The number of nitrogen functional groups attached to an aromatic ring is 1. The van der Waals surface area contributed by atoms with Crippen LogP contribution in [0.15, 0.2) is 36.4 Å². The number of hydrogen-bond donors (Lipinski definition) is 1. The molecule has 2 aromatic rings. The van der Waals surface area contributed by atoms with E-state index in [9.17, 15) is 4.39 Å². The van der Waals surface area contributed by atoms with Gasteiger partial charge in [0.15, 0.2) is 0 Å². The molecular formula is C16H17FN2. The second-order valence-electron chi connectivity index (χ2n) is 5.21. The number of anilines is 3. The van der Waals surface area contributed by atoms with E-state index < -0.39 is 0 Å². The van der Waals surface area contributed by atoms with Crippen LogP contribution in [0.1, 0.15) is 18.1 Å². The second-order valence-corrected chi connectivity index (χ2v) is 5.21. The molecule has 0 saturated heterocycles. The first-order valence-corrected chi connectivity index (χ1v) is 6.50. The lowest BCUT2D eigenvalue weighted by atomic mass is 10.1. The van der Waals surface area contributed by atoms with Crippen molar-refractivity contribution < 1.29 is 4.39 Å². The van der Waals surface area contributed by atoms with Gasteiger partial charge in [-0.05, 0) is 49.6 Å². The largest absolute Gasteiger partial charge is 0.397 e. The fourth-order valence-electron chi connectivity index (χ4n) is 2.82. The van der Waals surface area contributed by atoms with E-state index in [0.29, 0.717) is 17.3 Å². The number of benzene rings is 2. The average molecular weight is 256 g/mol. The quantitative estimate of drug-likeness (QED) is 0.786. The summed E-state index contributed by atoms with van der Waals surface area (Å²) in [4.78, 5) is 2.21. The van der Waals surface area contributed by atoms with Crippen molar-refractivity contribution in [1.82, 2.24) is 0 Å². The van der Waals surface area contributed by atoms with Crippen molar-refractivity contribution in [3.05, 3.63) is 53.3 Å². The van der Waals surface area contributed by atoms with Gasteiger partial charge in [0, 0.05) is 11.7 Å². The van der Waals surface area contributed by atoms with Crippen LogP contribution < -0.4 is 10.6 Å². The highest BCUT2D eigenvalue weighted by Crippen LogP contribution is 2.41. The molecule has 1 aliphatic heterocycles. The van der Waals surface area contributed by atoms with Gasteiger partial charge < -0.3 is 10.6 Å². The van der Waals surface area contributed by atoms with Crippen LogP contribution in [-0.4, -0.2) is 6.04 Å². The summed E-state index contributed by atoms with van der Waals surface area (Å²) in [5.41, 5.74) is 10.5. The molecule has 3 heteroatoms. The van der Waals surface area contributed by atoms with E-state index in [4.69, 9.17) is 5.73 Å². The zero-order chi connectivity index (χ0) is 13.6. The molecule has 0 aliphatic carbocycles. The number of halogens is 1. The summed E-state index contributed by atoms with van der Waals surface area (Å²) in [6.07, 6.45) is 0.992. The molecule has 1 unspecified atom stereocenters. The summed E-state index contributed by atoms with van der Waals surface area (Å²) in [6.45, 7) is 3.93. The van der Waals surface area contributed by atoms with E-state index in [1.807, 2.05) is 18.2 Å². The van der Waals surface area contributed by atoms with Crippen molar-refractivity contribution in [2.24, 2.45) is 0 Å². The fraction of sp³-hybridized carbons (Fsp3) is 0.250. The molecule has 0 spiro atoms. The molecule has 1 aliphatic rings. The second kappa shape index (κ2) is 4.26. The first-order valence-electron chi connectivity index (χ1n) is 6.50. The number of nitrogens with zero attached hydrogens (tertiary/aromatic N) is 1. The molecule has 0 bridgehead atoms. The maximum Gasteiger partial charge on any atom is 0.128 e. The number of hydrogen-bond acceptors (Lipinski definition) is 2. The lowest BCUT2D eigenvalue weighted by molar-refractivity contribution is 0.619. The van der Waals surface area contributed by atoms with Crippen LogP contribution in [0.25, 0.3) is 0 Å². The zero-order valence-electron chi connectivity index (χ0n) is 11.2. The van der Waals surface area contributed by atoms with Gasteiger partial charge in [0.1, 0.15) is 5.82 Å². The fourth-order valence-corrected chi connectivity index (χ4v) is 2.82. The summed E-state index contributed by atoms with van der Waals surface area (Å²) in [7, 11) is 0. The molecule has 1 atom stereocenters. The predicted molar refractivity (Wildman–Crippen MR) is 77.3 cm³/mol. The van der Waals surface area contributed by atoms with Crippen LogP contribution in [0.2, 0.25) is 0 Å². The van der Waals surface area contributed by atoms with Crippen molar-refractivity contribution in [2.75, 3.05) is 10.6 Å². The molecule has 0 fully saturated rings. The smallest absolute Gasteiger partial charge is 0.128 e. The van der Waals surface area contributed by atoms with Gasteiger partial charge >= 0.3 is 0 Å². The monoisotopic (exact) mass is 256 g/mol. The molecule has 98 valence electrons. The third kappa shape index (κ3) is 1.86. The van der Waals surface area contributed by atoms with E-state index in [1.165, 1.54) is 17.3 Å². The zero-order valence-corrected chi connectivity index (χ0v) is 11.2. The molecule has 1 heterocycles. The van der Waals surface area contributed by atoms with Crippen LogP contribution >= 0.6 is 0 Å². The minimum absolute atomic E-state index is 0.249. The van der Waals surface area contributed by atoms with Crippen molar-refractivity contribution in [1.29, 1.82) is 0 Å². The first kappa shape index (κ1) is 12.0. The Bertz CT molecular complexity index is 637. The summed E-state index contributed by atoms with van der Waals surface area (Å²) in [6, 6.07) is 11.9. The third-order valence-electron chi connectivity index (χ3n) is 3.77. The Morgan fingerprint density at radius 3 is 2.74 bits per heavy atom. The maximum atomic E-state index is 13.5. The van der Waals surface area contributed by atoms with Crippen molar-refractivity contribution in [2.45, 2.75) is 26.3 Å². The summed E-state index contributed by atoms with van der Waals surface area (Å²) in [5, 5.41) is 0.